The lowest BCUT2D eigenvalue weighted by Crippen LogP contribution is -1.93. The molecule has 2 aromatic heterocycles. The molecule has 2 heterocycles. The summed E-state index contributed by atoms with van der Waals surface area (Å²) in [5.74, 6) is 2.01. The first kappa shape index (κ1) is 13.0. The Labute approximate surface area is 110 Å². The SMILES string of the molecule is CCCc1noc(CSc2nc(C)cc(C)n2)n1. The monoisotopic (exact) mass is 264 g/mol. The van der Waals surface area contributed by atoms with Crippen molar-refractivity contribution in [3.63, 3.8) is 0 Å². The van der Waals surface area contributed by atoms with Crippen molar-refractivity contribution in [1.82, 2.24) is 20.1 Å². The van der Waals surface area contributed by atoms with Crippen LogP contribution in [0.15, 0.2) is 15.7 Å². The molecule has 0 aliphatic carbocycles. The minimum Gasteiger partial charge on any atom is -0.338 e. The normalized spacial score (nSPS) is 10.8. The lowest BCUT2D eigenvalue weighted by atomic mass is 10.3. The predicted octanol–water partition coefficient (Wildman–Crippen LogP) is 2.72. The van der Waals surface area contributed by atoms with Crippen LogP contribution in [0.2, 0.25) is 0 Å². The van der Waals surface area contributed by atoms with E-state index in [0.29, 0.717) is 11.6 Å². The molecule has 2 rings (SSSR count). The van der Waals surface area contributed by atoms with Crippen LogP contribution in [0.25, 0.3) is 0 Å². The van der Waals surface area contributed by atoms with E-state index in [1.807, 2.05) is 19.9 Å². The van der Waals surface area contributed by atoms with Crippen molar-refractivity contribution in [2.45, 2.75) is 44.5 Å². The zero-order valence-electron chi connectivity index (χ0n) is 10.8. The third-order valence-electron chi connectivity index (χ3n) is 2.27. The van der Waals surface area contributed by atoms with Gasteiger partial charge >= 0.3 is 0 Å². The Bertz CT molecular complexity index is 506. The molecule has 0 aliphatic heterocycles. The summed E-state index contributed by atoms with van der Waals surface area (Å²) in [6, 6.07) is 1.95. The molecular weight excluding hydrogens is 248 g/mol. The van der Waals surface area contributed by atoms with E-state index in [2.05, 4.69) is 27.0 Å². The van der Waals surface area contributed by atoms with Crippen LogP contribution in [0.1, 0.15) is 36.4 Å². The van der Waals surface area contributed by atoms with Crippen molar-refractivity contribution in [2.75, 3.05) is 0 Å². The smallest absolute Gasteiger partial charge is 0.237 e. The second-order valence-electron chi connectivity index (χ2n) is 4.08. The van der Waals surface area contributed by atoms with Gasteiger partial charge in [-0.05, 0) is 26.3 Å². The lowest BCUT2D eigenvalue weighted by molar-refractivity contribution is 0.384. The van der Waals surface area contributed by atoms with Gasteiger partial charge in [0.05, 0.1) is 5.75 Å². The number of rotatable bonds is 5. The Kier molecular flexibility index (Phi) is 4.30. The van der Waals surface area contributed by atoms with Crippen molar-refractivity contribution in [1.29, 1.82) is 0 Å². The highest BCUT2D eigenvalue weighted by Gasteiger charge is 2.08. The van der Waals surface area contributed by atoms with E-state index in [4.69, 9.17) is 4.52 Å². The topological polar surface area (TPSA) is 64.7 Å². The van der Waals surface area contributed by atoms with E-state index in [9.17, 15) is 0 Å². The fourth-order valence-electron chi connectivity index (χ4n) is 1.56. The molecule has 0 aromatic carbocycles. The van der Waals surface area contributed by atoms with Gasteiger partial charge in [0, 0.05) is 17.8 Å². The standard InChI is InChI=1S/C12H16N4OS/c1-4-5-10-15-11(17-16-10)7-18-12-13-8(2)6-9(3)14-12/h6H,4-5,7H2,1-3H3. The van der Waals surface area contributed by atoms with E-state index < -0.39 is 0 Å². The fourth-order valence-corrected chi connectivity index (χ4v) is 2.35. The molecule has 0 amide bonds. The molecule has 0 atom stereocenters. The molecule has 0 radical (unpaired) electrons. The third kappa shape index (κ3) is 3.53. The molecule has 0 bridgehead atoms. The summed E-state index contributed by atoms with van der Waals surface area (Å²) < 4.78 is 5.16. The van der Waals surface area contributed by atoms with Gasteiger partial charge in [-0.1, -0.05) is 23.8 Å². The molecule has 2 aromatic rings. The molecule has 0 saturated heterocycles. The molecule has 5 nitrogen and oxygen atoms in total. The van der Waals surface area contributed by atoms with E-state index in [-0.39, 0.29) is 0 Å². The second kappa shape index (κ2) is 5.95. The molecule has 0 fully saturated rings. The van der Waals surface area contributed by atoms with E-state index in [0.717, 1.165) is 35.2 Å². The molecule has 0 unspecified atom stereocenters. The third-order valence-corrected chi connectivity index (χ3v) is 3.10. The Morgan fingerprint density at radius 1 is 1.17 bits per heavy atom. The second-order valence-corrected chi connectivity index (χ2v) is 5.02. The average molecular weight is 264 g/mol. The maximum Gasteiger partial charge on any atom is 0.237 e. The first-order valence-corrected chi connectivity index (χ1v) is 6.92. The minimum absolute atomic E-state index is 0.611. The predicted molar refractivity (Wildman–Crippen MR) is 69.4 cm³/mol. The van der Waals surface area contributed by atoms with Gasteiger partial charge in [0.1, 0.15) is 0 Å². The van der Waals surface area contributed by atoms with Crippen LogP contribution in [-0.2, 0) is 12.2 Å². The summed E-state index contributed by atoms with van der Waals surface area (Å²) in [6.45, 7) is 6.02. The highest BCUT2D eigenvalue weighted by molar-refractivity contribution is 7.98. The van der Waals surface area contributed by atoms with Crippen LogP contribution < -0.4 is 0 Å². The quantitative estimate of drug-likeness (QED) is 0.611. The van der Waals surface area contributed by atoms with Crippen molar-refractivity contribution in [2.24, 2.45) is 0 Å². The van der Waals surface area contributed by atoms with Gasteiger partial charge < -0.3 is 4.52 Å². The van der Waals surface area contributed by atoms with Gasteiger partial charge in [-0.15, -0.1) is 0 Å². The summed E-state index contributed by atoms with van der Waals surface area (Å²) in [4.78, 5) is 13.0. The Morgan fingerprint density at radius 3 is 2.56 bits per heavy atom. The molecular formula is C12H16N4OS. The number of hydrogen-bond acceptors (Lipinski definition) is 6. The van der Waals surface area contributed by atoms with Crippen molar-refractivity contribution >= 4 is 11.8 Å². The molecule has 0 N–H and O–H groups in total. The van der Waals surface area contributed by atoms with Crippen LogP contribution in [-0.4, -0.2) is 20.1 Å². The highest BCUT2D eigenvalue weighted by atomic mass is 32.2. The molecule has 96 valence electrons. The summed E-state index contributed by atoms with van der Waals surface area (Å²) >= 11 is 1.51. The van der Waals surface area contributed by atoms with Crippen molar-refractivity contribution in [3.05, 3.63) is 29.2 Å². The minimum atomic E-state index is 0.611. The summed E-state index contributed by atoms with van der Waals surface area (Å²) in [5, 5.41) is 4.67. The van der Waals surface area contributed by atoms with E-state index >= 15 is 0 Å². The lowest BCUT2D eigenvalue weighted by Gasteiger charge is -2.00. The Morgan fingerprint density at radius 2 is 1.89 bits per heavy atom. The van der Waals surface area contributed by atoms with Crippen LogP contribution in [0.4, 0.5) is 0 Å². The largest absolute Gasteiger partial charge is 0.338 e. The van der Waals surface area contributed by atoms with Crippen LogP contribution in [0, 0.1) is 13.8 Å². The van der Waals surface area contributed by atoms with E-state index in [1.165, 1.54) is 11.8 Å². The van der Waals surface area contributed by atoms with E-state index in [1.54, 1.807) is 0 Å². The van der Waals surface area contributed by atoms with Crippen molar-refractivity contribution < 1.29 is 4.52 Å². The summed E-state index contributed by atoms with van der Waals surface area (Å²) in [5.41, 5.74) is 1.95. The summed E-state index contributed by atoms with van der Waals surface area (Å²) in [6.07, 6.45) is 1.88. The summed E-state index contributed by atoms with van der Waals surface area (Å²) in [7, 11) is 0. The van der Waals surface area contributed by atoms with Crippen LogP contribution in [0.5, 0.6) is 0 Å². The molecule has 18 heavy (non-hydrogen) atoms. The first-order chi connectivity index (χ1) is 8.67. The number of hydrogen-bond donors (Lipinski definition) is 0. The van der Waals surface area contributed by atoms with Gasteiger partial charge in [-0.3, -0.25) is 0 Å². The van der Waals surface area contributed by atoms with Crippen molar-refractivity contribution in [3.8, 4) is 0 Å². The van der Waals surface area contributed by atoms with Gasteiger partial charge in [-0.2, -0.15) is 4.98 Å². The molecule has 0 saturated carbocycles. The van der Waals surface area contributed by atoms with Gasteiger partial charge in [0.15, 0.2) is 11.0 Å². The number of nitrogens with zero attached hydrogens (tertiary/aromatic N) is 4. The van der Waals surface area contributed by atoms with Crippen LogP contribution in [0.3, 0.4) is 0 Å². The number of aryl methyl sites for hydroxylation is 3. The van der Waals surface area contributed by atoms with Crippen LogP contribution >= 0.6 is 11.8 Å². The van der Waals surface area contributed by atoms with Gasteiger partial charge in [0.25, 0.3) is 0 Å². The number of thioether (sulfide) groups is 1. The highest BCUT2D eigenvalue weighted by Crippen LogP contribution is 2.19. The zero-order valence-corrected chi connectivity index (χ0v) is 11.6. The zero-order chi connectivity index (χ0) is 13.0. The number of aromatic nitrogens is 4. The fraction of sp³-hybridized carbons (Fsp3) is 0.500. The maximum atomic E-state index is 5.16. The first-order valence-electron chi connectivity index (χ1n) is 5.94. The van der Waals surface area contributed by atoms with Gasteiger partial charge in [0.2, 0.25) is 5.89 Å². The average Bonchev–Trinajstić information content (AvgIpc) is 2.74. The Hall–Kier alpha value is -1.43. The molecule has 0 aliphatic rings. The molecule has 6 heteroatoms. The Balaban J connectivity index is 1.97. The molecule has 0 spiro atoms. The maximum absolute atomic E-state index is 5.16. The van der Waals surface area contributed by atoms with Gasteiger partial charge in [-0.25, -0.2) is 9.97 Å².